The molecule has 3 aromatic rings. The molecule has 1 amide bonds. The van der Waals surface area contributed by atoms with Gasteiger partial charge < -0.3 is 14.5 Å². The average Bonchev–Trinajstić information content (AvgIpc) is 3.11. The number of para-hydroxylation sites is 2. The van der Waals surface area contributed by atoms with Crippen LogP contribution in [0, 0.1) is 0 Å². The van der Waals surface area contributed by atoms with Crippen molar-refractivity contribution >= 4 is 35.0 Å². The molecule has 0 radical (unpaired) electrons. The highest BCUT2D eigenvalue weighted by Crippen LogP contribution is 2.27. The predicted molar refractivity (Wildman–Crippen MR) is 97.2 cm³/mol. The summed E-state index contributed by atoms with van der Waals surface area (Å²) < 4.78 is 34.6. The fourth-order valence-electron chi connectivity index (χ4n) is 2.06. The Morgan fingerprint density at radius 3 is 2.67 bits per heavy atom. The van der Waals surface area contributed by atoms with Crippen molar-refractivity contribution in [1.82, 2.24) is 10.2 Å². The Bertz CT molecular complexity index is 922. The SMILES string of the molecule is O=C(CSc1nnc(-c2ccc(Cl)cc2)o1)Nc1ccccc1OC(F)F. The van der Waals surface area contributed by atoms with Crippen molar-refractivity contribution in [2.24, 2.45) is 0 Å². The number of rotatable bonds is 7. The lowest BCUT2D eigenvalue weighted by Gasteiger charge is -2.11. The number of nitrogens with one attached hydrogen (secondary N) is 1. The number of nitrogens with zero attached hydrogens (tertiary/aromatic N) is 2. The van der Waals surface area contributed by atoms with Gasteiger partial charge in [-0.05, 0) is 36.4 Å². The minimum atomic E-state index is -2.98. The summed E-state index contributed by atoms with van der Waals surface area (Å²) in [7, 11) is 0. The van der Waals surface area contributed by atoms with E-state index in [4.69, 9.17) is 16.0 Å². The van der Waals surface area contributed by atoms with Crippen molar-refractivity contribution in [2.45, 2.75) is 11.8 Å². The summed E-state index contributed by atoms with van der Waals surface area (Å²) in [5.41, 5.74) is 0.844. The molecule has 3 rings (SSSR count). The van der Waals surface area contributed by atoms with E-state index in [0.717, 1.165) is 11.8 Å². The van der Waals surface area contributed by atoms with Gasteiger partial charge in [0.2, 0.25) is 11.8 Å². The monoisotopic (exact) mass is 411 g/mol. The van der Waals surface area contributed by atoms with Crippen LogP contribution in [0.3, 0.4) is 0 Å². The molecule has 1 aromatic heterocycles. The molecular weight excluding hydrogens is 400 g/mol. The maximum atomic E-state index is 12.4. The number of hydrogen-bond donors (Lipinski definition) is 1. The Balaban J connectivity index is 1.58. The molecule has 0 atom stereocenters. The summed E-state index contributed by atoms with van der Waals surface area (Å²) >= 11 is 6.85. The zero-order valence-electron chi connectivity index (χ0n) is 13.6. The van der Waals surface area contributed by atoms with E-state index in [1.165, 1.54) is 18.2 Å². The van der Waals surface area contributed by atoms with E-state index in [9.17, 15) is 13.6 Å². The van der Waals surface area contributed by atoms with Crippen molar-refractivity contribution in [1.29, 1.82) is 0 Å². The number of halogens is 3. The number of hydrogen-bond acceptors (Lipinski definition) is 6. The number of alkyl halides is 2. The molecule has 10 heteroatoms. The van der Waals surface area contributed by atoms with Crippen LogP contribution >= 0.6 is 23.4 Å². The minimum Gasteiger partial charge on any atom is -0.433 e. The third kappa shape index (κ3) is 5.41. The number of carbonyl (C=O) groups excluding carboxylic acids is 1. The molecule has 0 aliphatic heterocycles. The number of benzene rings is 2. The highest BCUT2D eigenvalue weighted by Gasteiger charge is 2.14. The number of aromatic nitrogens is 2. The summed E-state index contributed by atoms with van der Waals surface area (Å²) in [4.78, 5) is 12.1. The van der Waals surface area contributed by atoms with E-state index in [1.54, 1.807) is 30.3 Å². The van der Waals surface area contributed by atoms with E-state index < -0.39 is 12.5 Å². The maximum absolute atomic E-state index is 12.4. The first-order valence-electron chi connectivity index (χ1n) is 7.57. The summed E-state index contributed by atoms with van der Waals surface area (Å²) in [6.07, 6.45) is 0. The Morgan fingerprint density at radius 2 is 1.93 bits per heavy atom. The highest BCUT2D eigenvalue weighted by atomic mass is 35.5. The summed E-state index contributed by atoms with van der Waals surface area (Å²) in [5, 5.41) is 11.1. The minimum absolute atomic E-state index is 0.0503. The lowest BCUT2D eigenvalue weighted by molar-refractivity contribution is -0.113. The first kappa shape index (κ1) is 19.1. The van der Waals surface area contributed by atoms with Crippen LogP contribution in [0.1, 0.15) is 0 Å². The van der Waals surface area contributed by atoms with Crippen molar-refractivity contribution < 1.29 is 22.7 Å². The largest absolute Gasteiger partial charge is 0.433 e. The first-order valence-corrected chi connectivity index (χ1v) is 8.93. The van der Waals surface area contributed by atoms with E-state index >= 15 is 0 Å². The molecule has 1 N–H and O–H groups in total. The molecule has 1 heterocycles. The summed E-state index contributed by atoms with van der Waals surface area (Å²) in [6.45, 7) is -2.98. The highest BCUT2D eigenvalue weighted by molar-refractivity contribution is 7.99. The van der Waals surface area contributed by atoms with Gasteiger partial charge in [-0.1, -0.05) is 35.5 Å². The van der Waals surface area contributed by atoms with Crippen LogP contribution in [0.2, 0.25) is 5.02 Å². The normalized spacial score (nSPS) is 10.8. The van der Waals surface area contributed by atoms with Gasteiger partial charge in [-0.25, -0.2) is 0 Å². The Kier molecular flexibility index (Phi) is 6.25. The van der Waals surface area contributed by atoms with Gasteiger partial charge in [-0.2, -0.15) is 8.78 Å². The second-order valence-electron chi connectivity index (χ2n) is 5.09. The van der Waals surface area contributed by atoms with Crippen molar-refractivity contribution in [3.05, 3.63) is 53.6 Å². The maximum Gasteiger partial charge on any atom is 0.387 e. The predicted octanol–water partition coefficient (Wildman–Crippen LogP) is 4.72. The Hall–Kier alpha value is -2.65. The molecule has 27 heavy (non-hydrogen) atoms. The second kappa shape index (κ2) is 8.83. The van der Waals surface area contributed by atoms with Gasteiger partial charge in [-0.3, -0.25) is 4.79 Å². The van der Waals surface area contributed by atoms with Gasteiger partial charge in [0.05, 0.1) is 11.4 Å². The molecule has 0 fully saturated rings. The molecular formula is C17H12ClF2N3O3S. The number of carbonyl (C=O) groups is 1. The summed E-state index contributed by atoms with van der Waals surface area (Å²) in [6, 6.07) is 12.8. The standard InChI is InChI=1S/C17H12ClF2N3O3S/c18-11-7-5-10(6-8-11)15-22-23-17(26-15)27-9-14(24)21-12-3-1-2-4-13(12)25-16(19)20/h1-8,16H,9H2,(H,21,24). The van der Waals surface area contributed by atoms with E-state index in [2.05, 4.69) is 20.3 Å². The van der Waals surface area contributed by atoms with Crippen LogP contribution in [0.5, 0.6) is 5.75 Å². The molecule has 0 unspecified atom stereocenters. The van der Waals surface area contributed by atoms with Gasteiger partial charge >= 0.3 is 6.61 Å². The lowest BCUT2D eigenvalue weighted by atomic mass is 10.2. The topological polar surface area (TPSA) is 77.2 Å². The van der Waals surface area contributed by atoms with E-state index in [-0.39, 0.29) is 22.4 Å². The van der Waals surface area contributed by atoms with E-state index in [0.29, 0.717) is 16.5 Å². The van der Waals surface area contributed by atoms with Crippen LogP contribution < -0.4 is 10.1 Å². The quantitative estimate of drug-likeness (QED) is 0.567. The first-order chi connectivity index (χ1) is 13.0. The molecule has 0 saturated heterocycles. The fourth-order valence-corrected chi connectivity index (χ4v) is 2.75. The number of amides is 1. The van der Waals surface area contributed by atoms with Crippen LogP contribution in [-0.2, 0) is 4.79 Å². The average molecular weight is 412 g/mol. The van der Waals surface area contributed by atoms with Crippen LogP contribution in [0.15, 0.2) is 58.2 Å². The van der Waals surface area contributed by atoms with Crippen molar-refractivity contribution in [3.8, 4) is 17.2 Å². The fraction of sp³-hybridized carbons (Fsp3) is 0.118. The van der Waals surface area contributed by atoms with Gasteiger partial charge in [0.25, 0.3) is 5.22 Å². The Labute approximate surface area is 161 Å². The third-order valence-corrected chi connectivity index (χ3v) is 4.27. The van der Waals surface area contributed by atoms with Crippen LogP contribution in [-0.4, -0.2) is 28.5 Å². The third-order valence-electron chi connectivity index (χ3n) is 3.20. The molecule has 140 valence electrons. The zero-order chi connectivity index (χ0) is 19.2. The molecule has 0 spiro atoms. The van der Waals surface area contributed by atoms with E-state index in [1.807, 2.05) is 0 Å². The Morgan fingerprint density at radius 1 is 1.19 bits per heavy atom. The number of anilines is 1. The molecule has 0 aliphatic rings. The summed E-state index contributed by atoms with van der Waals surface area (Å²) in [5.74, 6) is -0.305. The van der Waals surface area contributed by atoms with Crippen molar-refractivity contribution in [3.63, 3.8) is 0 Å². The van der Waals surface area contributed by atoms with Gasteiger partial charge in [0, 0.05) is 10.6 Å². The molecule has 0 aliphatic carbocycles. The van der Waals surface area contributed by atoms with Crippen LogP contribution in [0.25, 0.3) is 11.5 Å². The van der Waals surface area contributed by atoms with Gasteiger partial charge in [0.1, 0.15) is 5.75 Å². The molecule has 6 nitrogen and oxygen atoms in total. The number of thioether (sulfide) groups is 1. The number of ether oxygens (including phenoxy) is 1. The van der Waals surface area contributed by atoms with Crippen molar-refractivity contribution in [2.75, 3.05) is 11.1 Å². The molecule has 2 aromatic carbocycles. The lowest BCUT2D eigenvalue weighted by Crippen LogP contribution is -2.15. The van der Waals surface area contributed by atoms with Gasteiger partial charge in [-0.15, -0.1) is 10.2 Å². The molecule has 0 bridgehead atoms. The zero-order valence-corrected chi connectivity index (χ0v) is 15.1. The second-order valence-corrected chi connectivity index (χ2v) is 6.45. The van der Waals surface area contributed by atoms with Gasteiger partial charge in [0.15, 0.2) is 0 Å². The molecule has 0 saturated carbocycles. The smallest absolute Gasteiger partial charge is 0.387 e. The van der Waals surface area contributed by atoms with Crippen LogP contribution in [0.4, 0.5) is 14.5 Å².